The van der Waals surface area contributed by atoms with E-state index in [1.165, 1.54) is 44.5 Å². The van der Waals surface area contributed by atoms with Gasteiger partial charge < -0.3 is 10.1 Å². The number of hydrogen-bond donors (Lipinski definition) is 2. The Bertz CT molecular complexity index is 760. The standard InChI is InChI=1S/C18H25ClN2O5S/c1-12(21-27(24,25)16-10-8-14(19)9-11-16)18(23)26-13(2)17(22)20-15-6-4-3-5-7-15/h8-13,15,21H,3-7H2,1-2H3,(H,20,22). The number of hydrogen-bond acceptors (Lipinski definition) is 5. The maximum Gasteiger partial charge on any atom is 0.324 e. The van der Waals surface area contributed by atoms with Gasteiger partial charge in [-0.2, -0.15) is 4.72 Å². The lowest BCUT2D eigenvalue weighted by Crippen LogP contribution is -2.46. The van der Waals surface area contributed by atoms with Crippen LogP contribution in [0.3, 0.4) is 0 Å². The van der Waals surface area contributed by atoms with Gasteiger partial charge in [0.2, 0.25) is 10.0 Å². The molecular formula is C18H25ClN2O5S. The molecule has 1 amide bonds. The highest BCUT2D eigenvalue weighted by atomic mass is 35.5. The lowest BCUT2D eigenvalue weighted by atomic mass is 9.95. The minimum Gasteiger partial charge on any atom is -0.451 e. The Morgan fingerprint density at radius 3 is 2.30 bits per heavy atom. The van der Waals surface area contributed by atoms with E-state index < -0.39 is 28.1 Å². The fourth-order valence-electron chi connectivity index (χ4n) is 2.86. The zero-order chi connectivity index (χ0) is 20.0. The molecule has 9 heteroatoms. The average Bonchev–Trinajstić information content (AvgIpc) is 2.62. The van der Waals surface area contributed by atoms with Crippen molar-refractivity contribution in [2.45, 2.75) is 69.0 Å². The zero-order valence-electron chi connectivity index (χ0n) is 15.4. The van der Waals surface area contributed by atoms with Crippen molar-refractivity contribution in [3.63, 3.8) is 0 Å². The van der Waals surface area contributed by atoms with Crippen molar-refractivity contribution in [3.05, 3.63) is 29.3 Å². The van der Waals surface area contributed by atoms with Crippen molar-refractivity contribution in [2.75, 3.05) is 0 Å². The van der Waals surface area contributed by atoms with Gasteiger partial charge in [0, 0.05) is 11.1 Å². The van der Waals surface area contributed by atoms with Crippen LogP contribution in [0, 0.1) is 0 Å². The van der Waals surface area contributed by atoms with E-state index in [0.29, 0.717) is 5.02 Å². The highest BCUT2D eigenvalue weighted by Crippen LogP contribution is 2.18. The lowest BCUT2D eigenvalue weighted by Gasteiger charge is -2.24. The van der Waals surface area contributed by atoms with Gasteiger partial charge in [-0.05, 0) is 51.0 Å². The molecule has 2 unspecified atom stereocenters. The van der Waals surface area contributed by atoms with E-state index in [1.807, 2.05) is 0 Å². The summed E-state index contributed by atoms with van der Waals surface area (Å²) in [5, 5.41) is 3.28. The quantitative estimate of drug-likeness (QED) is 0.664. The highest BCUT2D eigenvalue weighted by Gasteiger charge is 2.27. The number of esters is 1. The van der Waals surface area contributed by atoms with Crippen LogP contribution in [-0.4, -0.2) is 38.5 Å². The summed E-state index contributed by atoms with van der Waals surface area (Å²) in [7, 11) is -3.91. The summed E-state index contributed by atoms with van der Waals surface area (Å²) in [6.07, 6.45) is 4.16. The Balaban J connectivity index is 1.88. The van der Waals surface area contributed by atoms with Crippen LogP contribution in [0.1, 0.15) is 46.0 Å². The molecule has 1 aliphatic rings. The molecular weight excluding hydrogens is 392 g/mol. The number of benzene rings is 1. The number of ether oxygens (including phenoxy) is 1. The molecule has 0 saturated heterocycles. The molecule has 2 rings (SSSR count). The van der Waals surface area contributed by atoms with Gasteiger partial charge >= 0.3 is 5.97 Å². The second-order valence-corrected chi connectivity index (χ2v) is 8.87. The molecule has 1 aromatic carbocycles. The van der Waals surface area contributed by atoms with E-state index in [9.17, 15) is 18.0 Å². The van der Waals surface area contributed by atoms with E-state index in [4.69, 9.17) is 16.3 Å². The molecule has 2 N–H and O–H groups in total. The summed E-state index contributed by atoms with van der Waals surface area (Å²) >= 11 is 5.75. The van der Waals surface area contributed by atoms with Crippen molar-refractivity contribution < 1.29 is 22.7 Å². The number of amides is 1. The Morgan fingerprint density at radius 2 is 1.70 bits per heavy atom. The van der Waals surface area contributed by atoms with Gasteiger partial charge in [0.1, 0.15) is 6.04 Å². The van der Waals surface area contributed by atoms with Gasteiger partial charge in [-0.1, -0.05) is 30.9 Å². The van der Waals surface area contributed by atoms with E-state index in [1.54, 1.807) is 0 Å². The molecule has 0 spiro atoms. The minimum absolute atomic E-state index is 0.0189. The first-order valence-electron chi connectivity index (χ1n) is 8.98. The second kappa shape index (κ2) is 9.52. The summed E-state index contributed by atoms with van der Waals surface area (Å²) in [5.41, 5.74) is 0. The Labute approximate surface area is 164 Å². The van der Waals surface area contributed by atoms with Crippen molar-refractivity contribution in [3.8, 4) is 0 Å². The zero-order valence-corrected chi connectivity index (χ0v) is 17.0. The molecule has 1 aromatic rings. The summed E-state index contributed by atoms with van der Waals surface area (Å²) in [5.74, 6) is -1.19. The molecule has 0 bridgehead atoms. The smallest absolute Gasteiger partial charge is 0.324 e. The van der Waals surface area contributed by atoms with E-state index in [-0.39, 0.29) is 16.8 Å². The van der Waals surface area contributed by atoms with Crippen LogP contribution in [0.4, 0.5) is 0 Å². The molecule has 150 valence electrons. The molecule has 27 heavy (non-hydrogen) atoms. The van der Waals surface area contributed by atoms with Crippen LogP contribution in [-0.2, 0) is 24.3 Å². The lowest BCUT2D eigenvalue weighted by molar-refractivity contribution is -0.156. The van der Waals surface area contributed by atoms with Gasteiger partial charge in [-0.25, -0.2) is 8.42 Å². The maximum atomic E-state index is 12.3. The Kier molecular flexibility index (Phi) is 7.64. The SMILES string of the molecule is CC(NS(=O)(=O)c1ccc(Cl)cc1)C(=O)OC(C)C(=O)NC1CCCCC1. The van der Waals surface area contributed by atoms with Gasteiger partial charge in [-0.3, -0.25) is 9.59 Å². The monoisotopic (exact) mass is 416 g/mol. The first kappa shape index (κ1) is 21.7. The molecule has 1 aliphatic carbocycles. The van der Waals surface area contributed by atoms with Crippen LogP contribution in [0.25, 0.3) is 0 Å². The number of carbonyl (C=O) groups is 2. The molecule has 0 radical (unpaired) electrons. The molecule has 1 fully saturated rings. The summed E-state index contributed by atoms with van der Waals surface area (Å²) in [6.45, 7) is 2.83. The number of halogens is 1. The molecule has 2 atom stereocenters. The van der Waals surface area contributed by atoms with Gasteiger partial charge in [0.25, 0.3) is 5.91 Å². The number of rotatable bonds is 7. The predicted octanol–water partition coefficient (Wildman–Crippen LogP) is 2.39. The first-order valence-corrected chi connectivity index (χ1v) is 10.8. The van der Waals surface area contributed by atoms with Crippen LogP contribution in [0.15, 0.2) is 29.2 Å². The minimum atomic E-state index is -3.91. The predicted molar refractivity (Wildman–Crippen MR) is 102 cm³/mol. The average molecular weight is 417 g/mol. The van der Waals surface area contributed by atoms with Crippen molar-refractivity contribution in [1.82, 2.24) is 10.0 Å². The van der Waals surface area contributed by atoms with Gasteiger partial charge in [0.05, 0.1) is 4.90 Å². The van der Waals surface area contributed by atoms with Crippen LogP contribution < -0.4 is 10.0 Å². The van der Waals surface area contributed by atoms with Gasteiger partial charge in [0.15, 0.2) is 6.10 Å². The summed E-state index contributed by atoms with van der Waals surface area (Å²) in [6, 6.07) is 4.52. The highest BCUT2D eigenvalue weighted by molar-refractivity contribution is 7.89. The summed E-state index contributed by atoms with van der Waals surface area (Å²) in [4.78, 5) is 24.3. The number of nitrogens with one attached hydrogen (secondary N) is 2. The third-order valence-electron chi connectivity index (χ3n) is 4.42. The third kappa shape index (κ3) is 6.48. The third-order valence-corrected chi connectivity index (χ3v) is 6.23. The summed E-state index contributed by atoms with van der Waals surface area (Å²) < 4.78 is 32.0. The van der Waals surface area contributed by atoms with Crippen LogP contribution in [0.2, 0.25) is 5.02 Å². The normalized spacial score (nSPS) is 17.7. The number of sulfonamides is 1. The van der Waals surface area contributed by atoms with E-state index in [0.717, 1.165) is 25.7 Å². The fraction of sp³-hybridized carbons (Fsp3) is 0.556. The largest absolute Gasteiger partial charge is 0.451 e. The second-order valence-electron chi connectivity index (χ2n) is 6.72. The number of carbonyl (C=O) groups excluding carboxylic acids is 2. The van der Waals surface area contributed by atoms with Crippen molar-refractivity contribution >= 4 is 33.5 Å². The van der Waals surface area contributed by atoms with Crippen molar-refractivity contribution in [1.29, 1.82) is 0 Å². The Hall–Kier alpha value is -1.64. The topological polar surface area (TPSA) is 102 Å². The van der Waals surface area contributed by atoms with Crippen LogP contribution in [0.5, 0.6) is 0 Å². The molecule has 0 aromatic heterocycles. The van der Waals surface area contributed by atoms with Crippen molar-refractivity contribution in [2.24, 2.45) is 0 Å². The molecule has 0 aliphatic heterocycles. The molecule has 0 heterocycles. The van der Waals surface area contributed by atoms with Gasteiger partial charge in [-0.15, -0.1) is 0 Å². The van der Waals surface area contributed by atoms with Crippen LogP contribution >= 0.6 is 11.6 Å². The fourth-order valence-corrected chi connectivity index (χ4v) is 4.18. The Morgan fingerprint density at radius 1 is 1.11 bits per heavy atom. The molecule has 7 nitrogen and oxygen atoms in total. The molecule has 1 saturated carbocycles. The maximum absolute atomic E-state index is 12.3. The first-order chi connectivity index (χ1) is 12.7. The van der Waals surface area contributed by atoms with E-state index in [2.05, 4.69) is 10.0 Å². The van der Waals surface area contributed by atoms with E-state index >= 15 is 0 Å².